The number of Topliss-reactive ketones (excluding diaryl/α,β-unsaturated/α-hetero) is 1. The van der Waals surface area contributed by atoms with Crippen LogP contribution in [0.3, 0.4) is 0 Å². The zero-order chi connectivity index (χ0) is 12.3. The van der Waals surface area contributed by atoms with Gasteiger partial charge in [0.15, 0.2) is 0 Å². The summed E-state index contributed by atoms with van der Waals surface area (Å²) in [5, 5.41) is 1.14. The molecule has 1 aromatic heterocycles. The molecule has 0 spiro atoms. The van der Waals surface area contributed by atoms with Gasteiger partial charge in [0, 0.05) is 23.4 Å². The van der Waals surface area contributed by atoms with E-state index < -0.39 is 0 Å². The Hall–Kier alpha value is -1.70. The molecule has 0 atom stereocenters. The van der Waals surface area contributed by atoms with Crippen LogP contribution in [0, 0.1) is 5.92 Å². The van der Waals surface area contributed by atoms with Crippen LogP contribution >= 0.6 is 0 Å². The first-order valence-corrected chi connectivity index (χ1v) is 6.04. The summed E-state index contributed by atoms with van der Waals surface area (Å²) in [4.78, 5) is 16.1. The Morgan fingerprint density at radius 2 is 1.94 bits per heavy atom. The molecule has 2 heteroatoms. The van der Waals surface area contributed by atoms with Crippen molar-refractivity contribution in [1.82, 2.24) is 4.98 Å². The zero-order valence-electron chi connectivity index (χ0n) is 10.3. The van der Waals surface area contributed by atoms with Crippen LogP contribution in [-0.2, 0) is 11.2 Å². The Balaban J connectivity index is 2.12. The number of carbonyl (C=O) groups is 1. The van der Waals surface area contributed by atoms with E-state index in [1.165, 1.54) is 0 Å². The lowest BCUT2D eigenvalue weighted by Crippen LogP contribution is -2.08. The lowest BCUT2D eigenvalue weighted by molar-refractivity contribution is -0.121. The van der Waals surface area contributed by atoms with Gasteiger partial charge in [-0.05, 0) is 18.6 Å². The summed E-state index contributed by atoms with van der Waals surface area (Å²) in [5.74, 6) is 0.426. The third-order valence-electron chi connectivity index (χ3n) is 2.93. The standard InChI is InChI=1S/C15H17NO/c1-11(2)15(17)10-9-13-8-7-12-5-3-4-6-14(12)16-13/h3-8,11H,9-10H2,1-2H3. The number of hydrogen-bond donors (Lipinski definition) is 0. The number of aryl methyl sites for hydroxylation is 1. The largest absolute Gasteiger partial charge is 0.299 e. The van der Waals surface area contributed by atoms with Crippen LogP contribution in [0.5, 0.6) is 0 Å². The van der Waals surface area contributed by atoms with Crippen molar-refractivity contribution in [1.29, 1.82) is 0 Å². The molecule has 0 aliphatic rings. The molecule has 0 aliphatic heterocycles. The molecule has 2 nitrogen and oxygen atoms in total. The van der Waals surface area contributed by atoms with Crippen molar-refractivity contribution in [2.24, 2.45) is 5.92 Å². The van der Waals surface area contributed by atoms with Crippen LogP contribution in [-0.4, -0.2) is 10.8 Å². The van der Waals surface area contributed by atoms with Gasteiger partial charge in [0.1, 0.15) is 5.78 Å². The molecule has 0 bridgehead atoms. The second-order valence-electron chi connectivity index (χ2n) is 4.62. The highest BCUT2D eigenvalue weighted by molar-refractivity contribution is 5.81. The maximum absolute atomic E-state index is 11.6. The van der Waals surface area contributed by atoms with E-state index in [1.807, 2.05) is 44.2 Å². The predicted molar refractivity (Wildman–Crippen MR) is 69.9 cm³/mol. The van der Waals surface area contributed by atoms with Crippen molar-refractivity contribution in [3.8, 4) is 0 Å². The Kier molecular flexibility index (Phi) is 3.52. The van der Waals surface area contributed by atoms with E-state index in [4.69, 9.17) is 0 Å². The smallest absolute Gasteiger partial charge is 0.135 e. The topological polar surface area (TPSA) is 30.0 Å². The molecule has 1 heterocycles. The maximum atomic E-state index is 11.6. The number of nitrogens with zero attached hydrogens (tertiary/aromatic N) is 1. The van der Waals surface area contributed by atoms with Crippen molar-refractivity contribution < 1.29 is 4.79 Å². The Morgan fingerprint density at radius 1 is 1.18 bits per heavy atom. The summed E-state index contributed by atoms with van der Waals surface area (Å²) >= 11 is 0. The van der Waals surface area contributed by atoms with Crippen molar-refractivity contribution in [3.05, 3.63) is 42.1 Å². The highest BCUT2D eigenvalue weighted by Gasteiger charge is 2.07. The lowest BCUT2D eigenvalue weighted by Gasteiger charge is -2.04. The molecule has 0 aliphatic carbocycles. The lowest BCUT2D eigenvalue weighted by atomic mass is 10.0. The van der Waals surface area contributed by atoms with Crippen molar-refractivity contribution >= 4 is 16.7 Å². The van der Waals surface area contributed by atoms with E-state index in [2.05, 4.69) is 11.1 Å². The van der Waals surface area contributed by atoms with Gasteiger partial charge in [0.05, 0.1) is 5.52 Å². The van der Waals surface area contributed by atoms with Gasteiger partial charge >= 0.3 is 0 Å². The molecule has 17 heavy (non-hydrogen) atoms. The molecule has 1 aromatic carbocycles. The summed E-state index contributed by atoms with van der Waals surface area (Å²) in [5.41, 5.74) is 2.00. The fraction of sp³-hybridized carbons (Fsp3) is 0.333. The quantitative estimate of drug-likeness (QED) is 0.801. The molecular weight excluding hydrogens is 210 g/mol. The average molecular weight is 227 g/mol. The molecule has 2 rings (SSSR count). The first-order valence-electron chi connectivity index (χ1n) is 6.04. The first kappa shape index (κ1) is 11.8. The Labute approximate surface area is 102 Å². The van der Waals surface area contributed by atoms with Gasteiger partial charge in [-0.25, -0.2) is 0 Å². The predicted octanol–water partition coefficient (Wildman–Crippen LogP) is 3.39. The van der Waals surface area contributed by atoms with E-state index in [-0.39, 0.29) is 5.92 Å². The SMILES string of the molecule is CC(C)C(=O)CCc1ccc2ccccc2n1. The molecule has 2 aromatic rings. The van der Waals surface area contributed by atoms with E-state index >= 15 is 0 Å². The molecule has 0 unspecified atom stereocenters. The van der Waals surface area contributed by atoms with Crippen LogP contribution in [0.4, 0.5) is 0 Å². The van der Waals surface area contributed by atoms with E-state index in [0.29, 0.717) is 12.2 Å². The number of carbonyl (C=O) groups excluding carboxylic acids is 1. The second-order valence-corrected chi connectivity index (χ2v) is 4.62. The number of fused-ring (bicyclic) bond motifs is 1. The summed E-state index contributed by atoms with van der Waals surface area (Å²) in [6.07, 6.45) is 1.32. The fourth-order valence-electron chi connectivity index (χ4n) is 1.79. The number of benzene rings is 1. The Bertz CT molecular complexity index is 531. The van der Waals surface area contributed by atoms with Crippen molar-refractivity contribution in [2.45, 2.75) is 26.7 Å². The van der Waals surface area contributed by atoms with Gasteiger partial charge in [-0.3, -0.25) is 9.78 Å². The minimum Gasteiger partial charge on any atom is -0.299 e. The molecule has 88 valence electrons. The van der Waals surface area contributed by atoms with Crippen LogP contribution < -0.4 is 0 Å². The molecule has 0 fully saturated rings. The maximum Gasteiger partial charge on any atom is 0.135 e. The number of hydrogen-bond acceptors (Lipinski definition) is 2. The number of para-hydroxylation sites is 1. The molecular formula is C15H17NO. The molecule has 0 saturated carbocycles. The van der Waals surface area contributed by atoms with E-state index in [9.17, 15) is 4.79 Å². The Morgan fingerprint density at radius 3 is 2.71 bits per heavy atom. The minimum atomic E-state index is 0.121. The number of pyridine rings is 1. The molecule has 0 radical (unpaired) electrons. The number of rotatable bonds is 4. The summed E-state index contributed by atoms with van der Waals surface area (Å²) in [7, 11) is 0. The van der Waals surface area contributed by atoms with Crippen molar-refractivity contribution in [2.75, 3.05) is 0 Å². The van der Waals surface area contributed by atoms with Crippen LogP contribution in [0.1, 0.15) is 26.0 Å². The summed E-state index contributed by atoms with van der Waals surface area (Å²) < 4.78 is 0. The minimum absolute atomic E-state index is 0.121. The van der Waals surface area contributed by atoms with Gasteiger partial charge in [0.2, 0.25) is 0 Å². The average Bonchev–Trinajstić information content (AvgIpc) is 2.35. The van der Waals surface area contributed by atoms with Crippen LogP contribution in [0.25, 0.3) is 10.9 Å². The van der Waals surface area contributed by atoms with Gasteiger partial charge < -0.3 is 0 Å². The van der Waals surface area contributed by atoms with E-state index in [0.717, 1.165) is 23.0 Å². The van der Waals surface area contributed by atoms with Gasteiger partial charge in [0.25, 0.3) is 0 Å². The normalized spacial score (nSPS) is 11.0. The van der Waals surface area contributed by atoms with Crippen molar-refractivity contribution in [3.63, 3.8) is 0 Å². The van der Waals surface area contributed by atoms with E-state index in [1.54, 1.807) is 0 Å². The van der Waals surface area contributed by atoms with Gasteiger partial charge in [-0.2, -0.15) is 0 Å². The zero-order valence-corrected chi connectivity index (χ0v) is 10.3. The van der Waals surface area contributed by atoms with Gasteiger partial charge in [-0.1, -0.05) is 38.1 Å². The van der Waals surface area contributed by atoms with Gasteiger partial charge in [-0.15, -0.1) is 0 Å². The fourth-order valence-corrected chi connectivity index (χ4v) is 1.79. The first-order chi connectivity index (χ1) is 8.16. The van der Waals surface area contributed by atoms with Crippen LogP contribution in [0.2, 0.25) is 0 Å². The third kappa shape index (κ3) is 2.90. The summed E-state index contributed by atoms with van der Waals surface area (Å²) in [6.45, 7) is 3.88. The highest BCUT2D eigenvalue weighted by atomic mass is 16.1. The second kappa shape index (κ2) is 5.09. The third-order valence-corrected chi connectivity index (χ3v) is 2.93. The van der Waals surface area contributed by atoms with Crippen LogP contribution in [0.15, 0.2) is 36.4 Å². The number of ketones is 1. The molecule has 0 saturated heterocycles. The molecule has 0 amide bonds. The highest BCUT2D eigenvalue weighted by Crippen LogP contribution is 2.13. The molecule has 0 N–H and O–H groups in total. The summed E-state index contributed by atoms with van der Waals surface area (Å²) in [6, 6.07) is 12.1. The number of aromatic nitrogens is 1. The monoisotopic (exact) mass is 227 g/mol.